The smallest absolute Gasteiger partial charge is 0.318 e. The second kappa shape index (κ2) is 8.91. The fraction of sp³-hybridized carbons (Fsp3) is 0.680. The van der Waals surface area contributed by atoms with Gasteiger partial charge in [0, 0.05) is 31.7 Å². The van der Waals surface area contributed by atoms with Gasteiger partial charge in [-0.3, -0.25) is 14.5 Å². The van der Waals surface area contributed by atoms with E-state index in [1.165, 1.54) is 11.1 Å². The molecule has 0 aromatic heterocycles. The quantitative estimate of drug-likeness (QED) is 0.357. The molecule has 0 N–H and O–H groups in total. The van der Waals surface area contributed by atoms with E-state index >= 15 is 0 Å². The van der Waals surface area contributed by atoms with Crippen LogP contribution < -0.4 is 4.74 Å². The summed E-state index contributed by atoms with van der Waals surface area (Å²) in [5, 5.41) is 0. The molecule has 0 spiro atoms. The highest BCUT2D eigenvalue weighted by molar-refractivity contribution is 5.87. The third-order valence-corrected chi connectivity index (χ3v) is 7.95. The SMILES string of the molecule is CCOCCCCC(=O)OC(=O)C1C[C@]2(C)C3CC1N(C)C2Cc1cc(OC)ccc13. The molecule has 0 radical (unpaired) electrons. The molecule has 4 unspecified atom stereocenters. The average molecular weight is 430 g/mol. The molecule has 2 aliphatic heterocycles. The molecule has 1 aromatic carbocycles. The zero-order valence-corrected chi connectivity index (χ0v) is 19.2. The highest BCUT2D eigenvalue weighted by Crippen LogP contribution is 2.61. The molecule has 31 heavy (non-hydrogen) atoms. The number of piperidine rings is 2. The van der Waals surface area contributed by atoms with Gasteiger partial charge in [0.15, 0.2) is 0 Å². The number of hydrogen-bond donors (Lipinski definition) is 0. The van der Waals surface area contributed by atoms with Gasteiger partial charge in [-0.15, -0.1) is 0 Å². The lowest BCUT2D eigenvalue weighted by molar-refractivity contribution is -0.176. The van der Waals surface area contributed by atoms with Gasteiger partial charge in [-0.05, 0) is 80.7 Å². The molecule has 2 heterocycles. The second-order valence-corrected chi connectivity index (χ2v) is 9.57. The number of benzene rings is 1. The lowest BCUT2D eigenvalue weighted by Crippen LogP contribution is -2.68. The van der Waals surface area contributed by atoms with E-state index in [1.54, 1.807) is 7.11 Å². The van der Waals surface area contributed by atoms with E-state index in [1.807, 2.05) is 13.0 Å². The summed E-state index contributed by atoms with van der Waals surface area (Å²) in [7, 11) is 3.83. The average Bonchev–Trinajstić information content (AvgIpc) is 2.75. The van der Waals surface area contributed by atoms with Crippen molar-refractivity contribution in [2.45, 2.75) is 70.4 Å². The first kappa shape index (κ1) is 22.3. The monoisotopic (exact) mass is 429 g/mol. The maximum atomic E-state index is 13.0. The highest BCUT2D eigenvalue weighted by atomic mass is 16.6. The number of methoxy groups -OCH3 is 1. The van der Waals surface area contributed by atoms with Crippen LogP contribution in [0.25, 0.3) is 0 Å². The number of esters is 2. The molecular weight excluding hydrogens is 394 g/mol. The van der Waals surface area contributed by atoms with Gasteiger partial charge in [0.2, 0.25) is 0 Å². The molecule has 4 bridgehead atoms. The van der Waals surface area contributed by atoms with Gasteiger partial charge in [0.25, 0.3) is 0 Å². The number of fused-ring (bicyclic) bond motifs is 2. The van der Waals surface area contributed by atoms with Crippen LogP contribution in [0.4, 0.5) is 0 Å². The van der Waals surface area contributed by atoms with Crippen LogP contribution in [0.1, 0.15) is 63.0 Å². The van der Waals surface area contributed by atoms with Crippen LogP contribution in [0.3, 0.4) is 0 Å². The maximum Gasteiger partial charge on any atom is 0.318 e. The van der Waals surface area contributed by atoms with Crippen molar-refractivity contribution in [3.05, 3.63) is 29.3 Å². The summed E-state index contributed by atoms with van der Waals surface area (Å²) in [6.07, 6.45) is 4.42. The third-order valence-electron chi connectivity index (χ3n) is 7.95. The van der Waals surface area contributed by atoms with E-state index in [4.69, 9.17) is 14.2 Å². The van der Waals surface area contributed by atoms with Crippen LogP contribution in [0.15, 0.2) is 18.2 Å². The minimum Gasteiger partial charge on any atom is -0.497 e. The number of carbonyl (C=O) groups excluding carboxylic acids is 2. The predicted octanol–water partition coefficient (Wildman–Crippen LogP) is 3.71. The molecule has 1 saturated carbocycles. The minimum absolute atomic E-state index is 0.00465. The molecule has 5 atom stereocenters. The minimum atomic E-state index is -0.409. The first-order chi connectivity index (χ1) is 14.9. The van der Waals surface area contributed by atoms with Crippen molar-refractivity contribution >= 4 is 11.9 Å². The van der Waals surface area contributed by atoms with Crippen LogP contribution in [-0.2, 0) is 25.5 Å². The van der Waals surface area contributed by atoms with Gasteiger partial charge >= 0.3 is 11.9 Å². The number of carbonyl (C=O) groups is 2. The number of hydrogen-bond acceptors (Lipinski definition) is 6. The van der Waals surface area contributed by atoms with Crippen LogP contribution in [0, 0.1) is 11.3 Å². The first-order valence-corrected chi connectivity index (χ1v) is 11.6. The number of ether oxygens (including phenoxy) is 3. The standard InChI is InChI=1S/C25H35NO5/c1-5-30-11-7-6-8-23(27)31-24(28)19-15-25(2)20-14-21(19)26(3)22(25)13-16-12-17(29-4)9-10-18(16)20/h9-10,12,19-22H,5-8,11,13-15H2,1-4H3/t19?,20?,21?,22?,25-/m1/s1. The normalized spacial score (nSPS) is 31.2. The van der Waals surface area contributed by atoms with Gasteiger partial charge in [0.1, 0.15) is 5.75 Å². The van der Waals surface area contributed by atoms with Gasteiger partial charge < -0.3 is 14.2 Å². The van der Waals surface area contributed by atoms with Crippen molar-refractivity contribution in [1.82, 2.24) is 4.90 Å². The predicted molar refractivity (Wildman–Crippen MR) is 117 cm³/mol. The molecular formula is C25H35NO5. The Morgan fingerprint density at radius 3 is 2.81 bits per heavy atom. The van der Waals surface area contributed by atoms with E-state index < -0.39 is 5.97 Å². The summed E-state index contributed by atoms with van der Waals surface area (Å²) in [5.41, 5.74) is 2.75. The Bertz CT molecular complexity index is 839. The second-order valence-electron chi connectivity index (χ2n) is 9.57. The Balaban J connectivity index is 1.43. The summed E-state index contributed by atoms with van der Waals surface area (Å²) in [4.78, 5) is 27.5. The van der Waals surface area contributed by atoms with Crippen molar-refractivity contribution in [3.8, 4) is 5.75 Å². The van der Waals surface area contributed by atoms with Crippen molar-refractivity contribution in [1.29, 1.82) is 0 Å². The van der Waals surface area contributed by atoms with Gasteiger partial charge in [-0.1, -0.05) is 13.0 Å². The van der Waals surface area contributed by atoms with E-state index in [9.17, 15) is 9.59 Å². The Labute approximate surface area is 185 Å². The van der Waals surface area contributed by atoms with Crippen LogP contribution in [-0.4, -0.2) is 56.3 Å². The number of likely N-dealkylation sites (N-methyl/N-ethyl adjacent to an activating group) is 1. The van der Waals surface area contributed by atoms with Crippen molar-refractivity contribution in [2.75, 3.05) is 27.4 Å². The van der Waals surface area contributed by atoms with E-state index in [2.05, 4.69) is 31.0 Å². The molecule has 170 valence electrons. The molecule has 1 aromatic rings. The molecule has 5 rings (SSSR count). The summed E-state index contributed by atoms with van der Waals surface area (Å²) in [5.74, 6) is 0.331. The fourth-order valence-corrected chi connectivity index (χ4v) is 6.33. The lowest BCUT2D eigenvalue weighted by Gasteiger charge is -2.64. The number of unbranched alkanes of at least 4 members (excludes halogenated alkanes) is 1. The Morgan fingerprint density at radius 1 is 1.26 bits per heavy atom. The highest BCUT2D eigenvalue weighted by Gasteiger charge is 2.61. The molecule has 4 aliphatic rings. The van der Waals surface area contributed by atoms with Crippen LogP contribution >= 0.6 is 0 Å². The summed E-state index contributed by atoms with van der Waals surface area (Å²) in [6.45, 7) is 5.59. The van der Waals surface area contributed by atoms with E-state index in [-0.39, 0.29) is 29.8 Å². The molecule has 0 amide bonds. The molecule has 3 fully saturated rings. The molecule has 6 nitrogen and oxygen atoms in total. The fourth-order valence-electron chi connectivity index (χ4n) is 6.33. The lowest BCUT2D eigenvalue weighted by atomic mass is 9.49. The number of rotatable bonds is 8. The number of nitrogens with zero attached hydrogens (tertiary/aromatic N) is 1. The zero-order valence-electron chi connectivity index (χ0n) is 19.2. The van der Waals surface area contributed by atoms with Crippen molar-refractivity contribution < 1.29 is 23.8 Å². The molecule has 2 aliphatic carbocycles. The third kappa shape index (κ3) is 4.00. The summed E-state index contributed by atoms with van der Waals surface area (Å²) < 4.78 is 16.0. The van der Waals surface area contributed by atoms with Gasteiger partial charge in [-0.2, -0.15) is 0 Å². The maximum absolute atomic E-state index is 13.0. The largest absolute Gasteiger partial charge is 0.497 e. The molecule has 2 saturated heterocycles. The Kier molecular flexibility index (Phi) is 6.40. The van der Waals surface area contributed by atoms with E-state index in [0.29, 0.717) is 31.6 Å². The zero-order chi connectivity index (χ0) is 22.2. The summed E-state index contributed by atoms with van der Waals surface area (Å²) in [6, 6.07) is 6.92. The Morgan fingerprint density at radius 2 is 2.06 bits per heavy atom. The van der Waals surface area contributed by atoms with Crippen LogP contribution in [0.5, 0.6) is 5.75 Å². The molecule has 6 heteroatoms. The van der Waals surface area contributed by atoms with Gasteiger partial charge in [-0.25, -0.2) is 0 Å². The van der Waals surface area contributed by atoms with E-state index in [0.717, 1.165) is 31.4 Å². The van der Waals surface area contributed by atoms with Crippen LogP contribution in [0.2, 0.25) is 0 Å². The van der Waals surface area contributed by atoms with Gasteiger partial charge in [0.05, 0.1) is 13.0 Å². The summed E-state index contributed by atoms with van der Waals surface area (Å²) >= 11 is 0. The Hall–Kier alpha value is -1.92. The van der Waals surface area contributed by atoms with Crippen molar-refractivity contribution in [3.63, 3.8) is 0 Å². The van der Waals surface area contributed by atoms with Crippen molar-refractivity contribution in [2.24, 2.45) is 11.3 Å². The topological polar surface area (TPSA) is 65.1 Å². The first-order valence-electron chi connectivity index (χ1n) is 11.6.